The number of allylic oxidation sites excluding steroid dienone is 8. The Morgan fingerprint density at radius 1 is 0.311 bits per heavy atom. The van der Waals surface area contributed by atoms with Gasteiger partial charge in [0.05, 0.1) is 25.4 Å². The zero-order valence-corrected chi connectivity index (χ0v) is 60.9. The van der Waals surface area contributed by atoms with Gasteiger partial charge in [-0.05, 0) is 89.9 Å². The number of esters is 1. The Hall–Kier alpha value is -2.18. The highest BCUT2D eigenvalue weighted by Gasteiger charge is 2.20. The fraction of sp³-hybridized carbons (Fsp3) is 0.881. The van der Waals surface area contributed by atoms with Gasteiger partial charge in [0.1, 0.15) is 0 Å². The van der Waals surface area contributed by atoms with Crippen LogP contribution >= 0.6 is 0 Å². The van der Waals surface area contributed by atoms with Gasteiger partial charge in [-0.3, -0.25) is 9.59 Å². The third-order valence-corrected chi connectivity index (χ3v) is 19.1. The molecule has 0 saturated heterocycles. The number of aliphatic hydroxyl groups is 2. The Bertz CT molecular complexity index is 1500. The van der Waals surface area contributed by atoms with Crippen LogP contribution in [-0.2, 0) is 14.3 Å². The van der Waals surface area contributed by atoms with Gasteiger partial charge in [0.15, 0.2) is 0 Å². The summed E-state index contributed by atoms with van der Waals surface area (Å²) >= 11 is 0. The summed E-state index contributed by atoms with van der Waals surface area (Å²) in [6.07, 6.45) is 105. The summed E-state index contributed by atoms with van der Waals surface area (Å²) in [5.74, 6) is -0.0164. The molecule has 0 aromatic carbocycles. The normalized spacial score (nSPS) is 12.7. The van der Waals surface area contributed by atoms with Crippen molar-refractivity contribution in [2.45, 2.75) is 463 Å². The van der Waals surface area contributed by atoms with Gasteiger partial charge in [-0.25, -0.2) is 0 Å². The van der Waals surface area contributed by atoms with Crippen LogP contribution in [0.15, 0.2) is 48.6 Å². The second-order valence-electron chi connectivity index (χ2n) is 28.1. The van der Waals surface area contributed by atoms with Crippen molar-refractivity contribution < 1.29 is 24.5 Å². The van der Waals surface area contributed by atoms with Crippen molar-refractivity contribution in [1.82, 2.24) is 5.32 Å². The minimum atomic E-state index is -0.664. The summed E-state index contributed by atoms with van der Waals surface area (Å²) in [7, 11) is 0. The summed E-state index contributed by atoms with van der Waals surface area (Å²) in [5, 5.41) is 23.4. The molecule has 0 saturated carbocycles. The van der Waals surface area contributed by atoms with Gasteiger partial charge < -0.3 is 20.3 Å². The fourth-order valence-electron chi connectivity index (χ4n) is 12.9. The number of hydrogen-bond acceptors (Lipinski definition) is 5. The smallest absolute Gasteiger partial charge is 0.305 e. The Morgan fingerprint density at radius 2 is 0.556 bits per heavy atom. The first-order valence-electron chi connectivity index (χ1n) is 40.9. The average Bonchev–Trinajstić information content (AvgIpc) is 3.58. The molecule has 0 spiro atoms. The van der Waals surface area contributed by atoms with Crippen molar-refractivity contribution in [3.05, 3.63) is 48.6 Å². The lowest BCUT2D eigenvalue weighted by molar-refractivity contribution is -0.143. The average molecular weight is 1260 g/mol. The number of carbonyl (C=O) groups is 2. The number of amides is 1. The van der Waals surface area contributed by atoms with Gasteiger partial charge in [-0.1, -0.05) is 396 Å². The van der Waals surface area contributed by atoms with Crippen LogP contribution in [0.25, 0.3) is 0 Å². The number of rotatable bonds is 77. The number of nitrogens with one attached hydrogen (secondary N) is 1. The third-order valence-electron chi connectivity index (χ3n) is 19.1. The highest BCUT2D eigenvalue weighted by molar-refractivity contribution is 5.76. The fourth-order valence-corrected chi connectivity index (χ4v) is 12.9. The maximum Gasteiger partial charge on any atom is 0.305 e. The largest absolute Gasteiger partial charge is 0.466 e. The second kappa shape index (κ2) is 79.3. The molecule has 6 nitrogen and oxygen atoms in total. The standard InChI is InChI=1S/C84H159NO5/c1-3-5-7-9-11-13-15-17-19-21-41-45-48-52-56-60-64-68-72-76-82(87)81(80-86)85-83(88)77-73-69-65-61-57-53-49-46-42-39-37-35-33-31-29-27-25-23-22-24-26-28-30-32-34-36-38-40-43-47-51-55-59-63-67-71-75-79-90-84(89)78-74-70-66-62-58-54-50-44-20-18-16-14-12-10-8-6-4-2/h12,14,18,20,22,24,28,30,81-82,86-87H,3-11,13,15-17,19,21,23,25-27,29,31-80H2,1-2H3,(H,85,88)/b14-12-,20-18-,24-22-,30-28-. The number of unbranched alkanes of at least 4 members (excludes halogenated alkanes) is 58. The Balaban J connectivity index is 3.36. The molecule has 2 atom stereocenters. The van der Waals surface area contributed by atoms with Crippen LogP contribution in [-0.4, -0.2) is 47.4 Å². The molecule has 0 aromatic rings. The molecule has 0 aliphatic carbocycles. The molecule has 1 amide bonds. The van der Waals surface area contributed by atoms with Crippen molar-refractivity contribution in [2.75, 3.05) is 13.2 Å². The van der Waals surface area contributed by atoms with Crippen molar-refractivity contribution in [1.29, 1.82) is 0 Å². The van der Waals surface area contributed by atoms with E-state index in [1.807, 2.05) is 0 Å². The van der Waals surface area contributed by atoms with Crippen LogP contribution in [0.5, 0.6) is 0 Å². The molecule has 0 fully saturated rings. The Morgan fingerprint density at radius 3 is 0.867 bits per heavy atom. The molecule has 90 heavy (non-hydrogen) atoms. The van der Waals surface area contributed by atoms with Gasteiger partial charge >= 0.3 is 5.97 Å². The number of hydrogen-bond donors (Lipinski definition) is 3. The van der Waals surface area contributed by atoms with E-state index < -0.39 is 12.1 Å². The highest BCUT2D eigenvalue weighted by atomic mass is 16.5. The van der Waals surface area contributed by atoms with Gasteiger partial charge in [0.2, 0.25) is 5.91 Å². The van der Waals surface area contributed by atoms with Crippen molar-refractivity contribution in [2.24, 2.45) is 0 Å². The first kappa shape index (κ1) is 87.8. The number of aliphatic hydroxyl groups excluding tert-OH is 2. The minimum absolute atomic E-state index is 0.0115. The van der Waals surface area contributed by atoms with Crippen LogP contribution in [0.3, 0.4) is 0 Å². The van der Waals surface area contributed by atoms with Gasteiger partial charge in [-0.15, -0.1) is 0 Å². The molecule has 0 aliphatic rings. The summed E-state index contributed by atoms with van der Waals surface area (Å²) in [5.41, 5.74) is 0. The lowest BCUT2D eigenvalue weighted by atomic mass is 10.0. The van der Waals surface area contributed by atoms with E-state index >= 15 is 0 Å². The topological polar surface area (TPSA) is 95.9 Å². The summed E-state index contributed by atoms with van der Waals surface area (Å²) in [6, 6.07) is -0.541. The van der Waals surface area contributed by atoms with Crippen LogP contribution in [0, 0.1) is 0 Å². The van der Waals surface area contributed by atoms with E-state index in [0.717, 1.165) is 57.8 Å². The first-order chi connectivity index (χ1) is 44.5. The molecule has 0 rings (SSSR count). The van der Waals surface area contributed by atoms with Crippen LogP contribution < -0.4 is 5.32 Å². The lowest BCUT2D eigenvalue weighted by Gasteiger charge is -2.22. The molecular formula is C84H159NO5. The van der Waals surface area contributed by atoms with Crippen molar-refractivity contribution in [3.63, 3.8) is 0 Å². The molecular weight excluding hydrogens is 1100 g/mol. The van der Waals surface area contributed by atoms with E-state index in [1.54, 1.807) is 0 Å². The zero-order valence-electron chi connectivity index (χ0n) is 60.9. The lowest BCUT2D eigenvalue weighted by Crippen LogP contribution is -2.45. The Kier molecular flexibility index (Phi) is 77.3. The molecule has 0 bridgehead atoms. The Labute approximate surface area is 563 Å². The van der Waals surface area contributed by atoms with Crippen molar-refractivity contribution in [3.8, 4) is 0 Å². The minimum Gasteiger partial charge on any atom is -0.466 e. The maximum atomic E-state index is 12.6. The number of carbonyl (C=O) groups excluding carboxylic acids is 2. The van der Waals surface area contributed by atoms with E-state index in [0.29, 0.717) is 25.9 Å². The van der Waals surface area contributed by atoms with E-state index in [2.05, 4.69) is 67.8 Å². The van der Waals surface area contributed by atoms with Crippen LogP contribution in [0.4, 0.5) is 0 Å². The summed E-state index contributed by atoms with van der Waals surface area (Å²) < 4.78 is 5.50. The van der Waals surface area contributed by atoms with Gasteiger partial charge in [0, 0.05) is 12.8 Å². The molecule has 3 N–H and O–H groups in total. The molecule has 0 radical (unpaired) electrons. The zero-order chi connectivity index (χ0) is 64.9. The van der Waals surface area contributed by atoms with Gasteiger partial charge in [0.25, 0.3) is 0 Å². The van der Waals surface area contributed by atoms with E-state index in [4.69, 9.17) is 4.74 Å². The molecule has 6 heteroatoms. The summed E-state index contributed by atoms with van der Waals surface area (Å²) in [6.45, 7) is 4.97. The molecule has 0 aliphatic heterocycles. The molecule has 0 aromatic heterocycles. The van der Waals surface area contributed by atoms with E-state index in [9.17, 15) is 19.8 Å². The predicted molar refractivity (Wildman–Crippen MR) is 398 cm³/mol. The highest BCUT2D eigenvalue weighted by Crippen LogP contribution is 2.20. The van der Waals surface area contributed by atoms with E-state index in [1.165, 1.54) is 360 Å². The monoisotopic (exact) mass is 1260 g/mol. The van der Waals surface area contributed by atoms with Crippen molar-refractivity contribution >= 4 is 11.9 Å². The maximum absolute atomic E-state index is 12.6. The quantitative estimate of drug-likeness (QED) is 0.0320. The third kappa shape index (κ3) is 74.9. The van der Waals surface area contributed by atoms with E-state index in [-0.39, 0.29) is 18.5 Å². The SMILES string of the molecule is CCCCC/C=C\C/C=C\CCCCCCCCCC(=O)OCCCCCCCCCCCCCCC/C=C\C/C=C\CCCCCCCCCCCCCCCCCCCC(=O)NC(CO)C(O)CCCCCCCCCCCCCCCCCCCCC. The van der Waals surface area contributed by atoms with Crippen LogP contribution in [0.1, 0.15) is 450 Å². The molecule has 2 unspecified atom stereocenters. The summed E-state index contributed by atoms with van der Waals surface area (Å²) in [4.78, 5) is 24.7. The molecule has 530 valence electrons. The second-order valence-corrected chi connectivity index (χ2v) is 28.1. The first-order valence-corrected chi connectivity index (χ1v) is 40.9. The molecule has 0 heterocycles. The van der Waals surface area contributed by atoms with Gasteiger partial charge in [-0.2, -0.15) is 0 Å². The predicted octanol–water partition coefficient (Wildman–Crippen LogP) is 27.2. The number of ether oxygens (including phenoxy) is 1. The van der Waals surface area contributed by atoms with Crippen LogP contribution in [0.2, 0.25) is 0 Å².